The highest BCUT2D eigenvalue weighted by Gasteiger charge is 2.30. The zero-order chi connectivity index (χ0) is 21.1. The number of sulfonamides is 1. The molecule has 0 amide bonds. The van der Waals surface area contributed by atoms with E-state index < -0.39 is 16.0 Å². The summed E-state index contributed by atoms with van der Waals surface area (Å²) in [6, 6.07) is 9.54. The summed E-state index contributed by atoms with van der Waals surface area (Å²) >= 11 is 6.15. The quantitative estimate of drug-likeness (QED) is 0.644. The van der Waals surface area contributed by atoms with Gasteiger partial charge in [0.1, 0.15) is 12.4 Å². The number of carbonyl (C=O) groups is 1. The molecule has 2 aliphatic rings. The Balaban J connectivity index is 1.56. The van der Waals surface area contributed by atoms with Gasteiger partial charge < -0.3 is 14.2 Å². The molecule has 2 aromatic rings. The lowest BCUT2D eigenvalue weighted by molar-refractivity contribution is -0.0180. The standard InChI is InChI=1S/C21H22ClNO6S/c22-17-10-15-12-27-14-29-20(15)16(11-17)13-28-21(24)18-6-2-3-7-19(18)30(25,26)23-8-4-1-5-9-23/h2-3,6-7,10-11H,1,4-5,8-9,12-14H2. The SMILES string of the molecule is O=C(OCc1cc(Cl)cc2c1OCOC2)c1ccccc1S(=O)(=O)N1CCCCC1. The van der Waals surface area contributed by atoms with E-state index >= 15 is 0 Å². The van der Waals surface area contributed by atoms with Crippen LogP contribution in [0.4, 0.5) is 0 Å². The summed E-state index contributed by atoms with van der Waals surface area (Å²) in [5.74, 6) is -0.139. The van der Waals surface area contributed by atoms with Crippen molar-refractivity contribution in [3.8, 4) is 5.75 Å². The maximum Gasteiger partial charge on any atom is 0.339 e. The molecule has 0 aromatic heterocycles. The van der Waals surface area contributed by atoms with Gasteiger partial charge in [0.25, 0.3) is 0 Å². The van der Waals surface area contributed by atoms with E-state index in [-0.39, 0.29) is 23.9 Å². The predicted molar refractivity (Wildman–Crippen MR) is 110 cm³/mol. The number of piperidine rings is 1. The van der Waals surface area contributed by atoms with E-state index in [0.29, 0.717) is 36.0 Å². The van der Waals surface area contributed by atoms with Crippen LogP contribution in [0.15, 0.2) is 41.3 Å². The molecular formula is C21H22ClNO6S. The van der Waals surface area contributed by atoms with Crippen molar-refractivity contribution >= 4 is 27.6 Å². The monoisotopic (exact) mass is 451 g/mol. The number of fused-ring (bicyclic) bond motifs is 1. The first-order valence-electron chi connectivity index (χ1n) is 9.75. The molecule has 1 fully saturated rings. The van der Waals surface area contributed by atoms with E-state index in [1.54, 1.807) is 24.3 Å². The number of hydrogen-bond donors (Lipinski definition) is 0. The molecule has 4 rings (SSSR count). The summed E-state index contributed by atoms with van der Waals surface area (Å²) in [7, 11) is -3.77. The first-order chi connectivity index (χ1) is 14.5. The van der Waals surface area contributed by atoms with E-state index in [4.69, 9.17) is 25.8 Å². The highest BCUT2D eigenvalue weighted by atomic mass is 35.5. The van der Waals surface area contributed by atoms with Crippen molar-refractivity contribution in [3.63, 3.8) is 0 Å². The van der Waals surface area contributed by atoms with E-state index in [2.05, 4.69) is 0 Å². The van der Waals surface area contributed by atoms with Gasteiger partial charge in [0.05, 0.1) is 17.1 Å². The summed E-state index contributed by atoms with van der Waals surface area (Å²) in [4.78, 5) is 12.8. The van der Waals surface area contributed by atoms with Gasteiger partial charge in [-0.1, -0.05) is 30.2 Å². The van der Waals surface area contributed by atoms with Gasteiger partial charge in [0.2, 0.25) is 10.0 Å². The van der Waals surface area contributed by atoms with Crippen molar-refractivity contribution in [1.82, 2.24) is 4.31 Å². The normalized spacial score (nSPS) is 17.1. The van der Waals surface area contributed by atoms with E-state index in [1.807, 2.05) is 0 Å². The van der Waals surface area contributed by atoms with Crippen molar-refractivity contribution in [2.45, 2.75) is 37.4 Å². The van der Waals surface area contributed by atoms with Crippen LogP contribution in [0.3, 0.4) is 0 Å². The summed E-state index contributed by atoms with van der Waals surface area (Å²) in [6.07, 6.45) is 2.64. The van der Waals surface area contributed by atoms with Gasteiger partial charge in [-0.2, -0.15) is 4.31 Å². The summed E-state index contributed by atoms with van der Waals surface area (Å²) in [5.41, 5.74) is 1.39. The molecule has 2 heterocycles. The lowest BCUT2D eigenvalue weighted by Crippen LogP contribution is -2.36. The number of ether oxygens (including phenoxy) is 3. The number of nitrogens with zero attached hydrogens (tertiary/aromatic N) is 1. The molecule has 0 atom stereocenters. The van der Waals surface area contributed by atoms with E-state index in [1.165, 1.54) is 16.4 Å². The Bertz CT molecular complexity index is 1050. The molecule has 2 aliphatic heterocycles. The molecule has 160 valence electrons. The van der Waals surface area contributed by atoms with Crippen molar-refractivity contribution in [2.75, 3.05) is 19.9 Å². The van der Waals surface area contributed by atoms with Crippen LogP contribution in [-0.2, 0) is 32.7 Å². The number of rotatable bonds is 5. The molecule has 9 heteroatoms. The van der Waals surface area contributed by atoms with Gasteiger partial charge >= 0.3 is 5.97 Å². The van der Waals surface area contributed by atoms with Crippen molar-refractivity contribution in [3.05, 3.63) is 58.1 Å². The third-order valence-corrected chi connectivity index (χ3v) is 7.33. The van der Waals surface area contributed by atoms with Crippen LogP contribution >= 0.6 is 11.6 Å². The molecule has 0 saturated carbocycles. The van der Waals surface area contributed by atoms with Crippen LogP contribution in [0.25, 0.3) is 0 Å². The van der Waals surface area contributed by atoms with Gasteiger partial charge in [0.15, 0.2) is 6.79 Å². The van der Waals surface area contributed by atoms with Crippen LogP contribution in [0.5, 0.6) is 5.75 Å². The topological polar surface area (TPSA) is 82.1 Å². The first-order valence-corrected chi connectivity index (χ1v) is 11.6. The minimum absolute atomic E-state index is 0.0169. The highest BCUT2D eigenvalue weighted by Crippen LogP contribution is 2.32. The van der Waals surface area contributed by atoms with Crippen LogP contribution < -0.4 is 4.74 Å². The molecule has 0 N–H and O–H groups in total. The highest BCUT2D eigenvalue weighted by molar-refractivity contribution is 7.89. The molecule has 0 aliphatic carbocycles. The van der Waals surface area contributed by atoms with Crippen LogP contribution in [0.1, 0.15) is 40.7 Å². The van der Waals surface area contributed by atoms with Crippen LogP contribution in [0.2, 0.25) is 5.02 Å². The Hall–Kier alpha value is -2.13. The van der Waals surface area contributed by atoms with Crippen LogP contribution in [-0.4, -0.2) is 38.6 Å². The Kier molecular flexibility index (Phi) is 6.29. The first kappa shape index (κ1) is 21.1. The lowest BCUT2D eigenvalue weighted by Gasteiger charge is -2.26. The molecule has 0 unspecified atom stereocenters. The van der Waals surface area contributed by atoms with E-state index in [9.17, 15) is 13.2 Å². The second-order valence-corrected chi connectivity index (χ2v) is 9.54. The number of halogens is 1. The van der Waals surface area contributed by atoms with Crippen molar-refractivity contribution < 1.29 is 27.4 Å². The second-order valence-electron chi connectivity index (χ2n) is 7.20. The van der Waals surface area contributed by atoms with E-state index in [0.717, 1.165) is 24.8 Å². The Morgan fingerprint density at radius 2 is 1.90 bits per heavy atom. The van der Waals surface area contributed by atoms with Crippen LogP contribution in [0, 0.1) is 0 Å². The Labute approximate surface area is 180 Å². The lowest BCUT2D eigenvalue weighted by atomic mass is 10.1. The molecule has 0 radical (unpaired) electrons. The summed E-state index contributed by atoms with van der Waals surface area (Å²) in [5, 5.41) is 0.474. The van der Waals surface area contributed by atoms with Gasteiger partial charge in [-0.25, -0.2) is 13.2 Å². The Morgan fingerprint density at radius 1 is 1.13 bits per heavy atom. The number of esters is 1. The van der Waals surface area contributed by atoms with Gasteiger partial charge in [-0.05, 0) is 37.1 Å². The summed E-state index contributed by atoms with van der Waals surface area (Å²) in [6.45, 7) is 1.28. The smallest absolute Gasteiger partial charge is 0.339 e. The maximum atomic E-state index is 13.1. The molecule has 0 bridgehead atoms. The van der Waals surface area contributed by atoms with Gasteiger partial charge in [-0.3, -0.25) is 0 Å². The second kappa shape index (κ2) is 8.93. The largest absolute Gasteiger partial charge is 0.467 e. The fourth-order valence-electron chi connectivity index (χ4n) is 3.69. The number of hydrogen-bond acceptors (Lipinski definition) is 6. The fraction of sp³-hybridized carbons (Fsp3) is 0.381. The minimum Gasteiger partial charge on any atom is -0.467 e. The fourth-order valence-corrected chi connectivity index (χ4v) is 5.65. The number of benzene rings is 2. The average molecular weight is 452 g/mol. The molecular weight excluding hydrogens is 430 g/mol. The van der Waals surface area contributed by atoms with Gasteiger partial charge in [-0.15, -0.1) is 0 Å². The third kappa shape index (κ3) is 4.32. The molecule has 0 spiro atoms. The number of carbonyl (C=O) groups excluding carboxylic acids is 1. The maximum absolute atomic E-state index is 13.1. The minimum atomic E-state index is -3.77. The molecule has 2 aromatic carbocycles. The van der Waals surface area contributed by atoms with Gasteiger partial charge in [0, 0.05) is 29.2 Å². The third-order valence-electron chi connectivity index (χ3n) is 5.15. The zero-order valence-electron chi connectivity index (χ0n) is 16.3. The zero-order valence-corrected chi connectivity index (χ0v) is 17.9. The Morgan fingerprint density at radius 3 is 2.70 bits per heavy atom. The molecule has 30 heavy (non-hydrogen) atoms. The molecule has 7 nitrogen and oxygen atoms in total. The average Bonchev–Trinajstić information content (AvgIpc) is 2.77. The molecule has 1 saturated heterocycles. The summed E-state index contributed by atoms with van der Waals surface area (Å²) < 4.78 is 43.9. The van der Waals surface area contributed by atoms with Crippen molar-refractivity contribution in [1.29, 1.82) is 0 Å². The predicted octanol–water partition coefficient (Wildman–Crippen LogP) is 3.74. The van der Waals surface area contributed by atoms with Crippen molar-refractivity contribution in [2.24, 2.45) is 0 Å².